The van der Waals surface area contributed by atoms with Gasteiger partial charge < -0.3 is 35.7 Å². The maximum atomic E-state index is 12.7. The highest BCUT2D eigenvalue weighted by Gasteiger charge is 2.25. The van der Waals surface area contributed by atoms with Gasteiger partial charge in [-0.1, -0.05) is 6.07 Å². The fourth-order valence-electron chi connectivity index (χ4n) is 3.29. The lowest BCUT2D eigenvalue weighted by Crippen LogP contribution is -2.53. The highest BCUT2D eigenvalue weighted by atomic mass is 16.5. The van der Waals surface area contributed by atoms with Gasteiger partial charge in [0.25, 0.3) is 5.91 Å². The van der Waals surface area contributed by atoms with Crippen LogP contribution < -0.4 is 30.6 Å². The Kier molecular flexibility index (Phi) is 6.92. The van der Waals surface area contributed by atoms with Crippen molar-refractivity contribution in [2.24, 2.45) is 5.73 Å². The SMILES string of the molecule is COc1ccc(C(=O)N[C@@H]2CNCC[C@H]2O)cc1Oc1cccc(OC)c1CN. The maximum Gasteiger partial charge on any atom is 0.251 e. The lowest BCUT2D eigenvalue weighted by atomic mass is 10.0. The molecule has 1 fully saturated rings. The third kappa shape index (κ3) is 4.79. The van der Waals surface area contributed by atoms with E-state index in [1.807, 2.05) is 0 Å². The molecule has 8 nitrogen and oxygen atoms in total. The van der Waals surface area contributed by atoms with E-state index in [1.54, 1.807) is 43.5 Å². The molecule has 0 aliphatic carbocycles. The van der Waals surface area contributed by atoms with Gasteiger partial charge in [-0.2, -0.15) is 0 Å². The Balaban J connectivity index is 1.85. The van der Waals surface area contributed by atoms with Gasteiger partial charge in [0.05, 0.1) is 31.9 Å². The van der Waals surface area contributed by atoms with Crippen molar-refractivity contribution >= 4 is 5.91 Å². The van der Waals surface area contributed by atoms with Gasteiger partial charge in [0.2, 0.25) is 0 Å². The van der Waals surface area contributed by atoms with Crippen LogP contribution in [-0.2, 0) is 6.54 Å². The number of hydrogen-bond acceptors (Lipinski definition) is 7. The Bertz CT molecular complexity index is 858. The molecule has 1 heterocycles. The van der Waals surface area contributed by atoms with Gasteiger partial charge in [0.15, 0.2) is 11.5 Å². The number of nitrogens with two attached hydrogens (primary N) is 1. The van der Waals surface area contributed by atoms with Crippen molar-refractivity contribution in [1.29, 1.82) is 0 Å². The molecule has 0 radical (unpaired) electrons. The molecule has 0 aromatic heterocycles. The van der Waals surface area contributed by atoms with Crippen LogP contribution in [-0.4, -0.2) is 50.5 Å². The van der Waals surface area contributed by atoms with Gasteiger partial charge in [-0.05, 0) is 43.3 Å². The number of methoxy groups -OCH3 is 2. The summed E-state index contributed by atoms with van der Waals surface area (Å²) in [5.74, 6) is 1.71. The van der Waals surface area contributed by atoms with Crippen molar-refractivity contribution < 1.29 is 24.1 Å². The average Bonchev–Trinajstić information content (AvgIpc) is 2.75. The molecule has 5 N–H and O–H groups in total. The van der Waals surface area contributed by atoms with Crippen molar-refractivity contribution in [1.82, 2.24) is 10.6 Å². The summed E-state index contributed by atoms with van der Waals surface area (Å²) in [5, 5.41) is 16.1. The number of nitrogens with one attached hydrogen (secondary N) is 2. The Morgan fingerprint density at radius 3 is 2.62 bits per heavy atom. The Labute approximate surface area is 170 Å². The summed E-state index contributed by atoms with van der Waals surface area (Å²) >= 11 is 0. The van der Waals surface area contributed by atoms with Crippen LogP contribution in [0.25, 0.3) is 0 Å². The second kappa shape index (κ2) is 9.60. The Morgan fingerprint density at radius 1 is 1.17 bits per heavy atom. The van der Waals surface area contributed by atoms with Crippen molar-refractivity contribution in [3.8, 4) is 23.0 Å². The van der Waals surface area contributed by atoms with Crippen molar-refractivity contribution in [3.05, 3.63) is 47.5 Å². The molecule has 2 atom stereocenters. The third-order valence-electron chi connectivity index (χ3n) is 4.92. The molecule has 156 valence electrons. The Morgan fingerprint density at radius 2 is 1.93 bits per heavy atom. The van der Waals surface area contributed by atoms with Crippen molar-refractivity contribution in [3.63, 3.8) is 0 Å². The average molecular weight is 401 g/mol. The molecule has 8 heteroatoms. The van der Waals surface area contributed by atoms with Crippen LogP contribution in [0.15, 0.2) is 36.4 Å². The first kappa shape index (κ1) is 20.9. The molecule has 2 aromatic rings. The first-order valence-electron chi connectivity index (χ1n) is 9.48. The molecule has 29 heavy (non-hydrogen) atoms. The van der Waals surface area contributed by atoms with Crippen LogP contribution in [0.4, 0.5) is 0 Å². The van der Waals surface area contributed by atoms with Crippen LogP contribution in [0, 0.1) is 0 Å². The second-order valence-corrected chi connectivity index (χ2v) is 6.75. The third-order valence-corrected chi connectivity index (χ3v) is 4.92. The van der Waals surface area contributed by atoms with E-state index < -0.39 is 6.10 Å². The van der Waals surface area contributed by atoms with Gasteiger partial charge in [-0.25, -0.2) is 0 Å². The number of benzene rings is 2. The molecular formula is C21H27N3O5. The minimum Gasteiger partial charge on any atom is -0.496 e. The number of hydrogen-bond donors (Lipinski definition) is 4. The van der Waals surface area contributed by atoms with Gasteiger partial charge in [0.1, 0.15) is 11.5 Å². The highest BCUT2D eigenvalue weighted by molar-refractivity contribution is 5.95. The highest BCUT2D eigenvalue weighted by Crippen LogP contribution is 2.36. The topological polar surface area (TPSA) is 115 Å². The maximum absolute atomic E-state index is 12.7. The summed E-state index contributed by atoms with van der Waals surface area (Å²) in [4.78, 5) is 12.7. The minimum absolute atomic E-state index is 0.231. The molecule has 0 unspecified atom stereocenters. The van der Waals surface area contributed by atoms with E-state index >= 15 is 0 Å². The van der Waals surface area contributed by atoms with Crippen LogP contribution in [0.3, 0.4) is 0 Å². The van der Waals surface area contributed by atoms with E-state index in [4.69, 9.17) is 19.9 Å². The summed E-state index contributed by atoms with van der Waals surface area (Å²) in [6.45, 7) is 1.49. The normalized spacial score (nSPS) is 18.8. The fraction of sp³-hybridized carbons (Fsp3) is 0.381. The lowest BCUT2D eigenvalue weighted by Gasteiger charge is -2.29. The number of carbonyl (C=O) groups excluding carboxylic acids is 1. The molecule has 1 aliphatic rings. The summed E-state index contributed by atoms with van der Waals surface area (Å²) < 4.78 is 16.8. The standard InChI is InChI=1S/C21H27N3O5/c1-27-17-4-3-5-18(14(17)11-22)29-20-10-13(6-7-19(20)28-2)21(26)24-15-12-23-9-8-16(15)25/h3-7,10,15-16,23,25H,8-9,11-12,22H2,1-2H3,(H,24,26)/t15-,16-/m1/s1. The smallest absolute Gasteiger partial charge is 0.251 e. The van der Waals surface area contributed by atoms with Crippen molar-refractivity contribution in [2.45, 2.75) is 25.1 Å². The summed E-state index contributed by atoms with van der Waals surface area (Å²) in [6, 6.07) is 9.97. The predicted octanol–water partition coefficient (Wildman–Crippen LogP) is 1.41. The fourth-order valence-corrected chi connectivity index (χ4v) is 3.29. The molecule has 2 aromatic carbocycles. The quantitative estimate of drug-likeness (QED) is 0.554. The van der Waals surface area contributed by atoms with E-state index in [9.17, 15) is 9.90 Å². The van der Waals surface area contributed by atoms with Crippen LogP contribution >= 0.6 is 0 Å². The number of rotatable bonds is 7. The van der Waals surface area contributed by atoms with Gasteiger partial charge in [-0.15, -0.1) is 0 Å². The lowest BCUT2D eigenvalue weighted by molar-refractivity contribution is 0.0754. The molecule has 1 saturated heterocycles. The number of piperidine rings is 1. The van der Waals surface area contributed by atoms with E-state index in [1.165, 1.54) is 7.11 Å². The first-order valence-corrected chi connectivity index (χ1v) is 9.48. The number of aliphatic hydroxyl groups excluding tert-OH is 1. The van der Waals surface area contributed by atoms with Crippen LogP contribution in [0.1, 0.15) is 22.3 Å². The number of amides is 1. The number of ether oxygens (including phenoxy) is 3. The van der Waals surface area contributed by atoms with Gasteiger partial charge in [-0.3, -0.25) is 4.79 Å². The van der Waals surface area contributed by atoms with Crippen LogP contribution in [0.2, 0.25) is 0 Å². The zero-order valence-corrected chi connectivity index (χ0v) is 16.6. The van der Waals surface area contributed by atoms with Gasteiger partial charge >= 0.3 is 0 Å². The molecule has 3 rings (SSSR count). The molecule has 0 spiro atoms. The first-order chi connectivity index (χ1) is 14.1. The largest absolute Gasteiger partial charge is 0.496 e. The summed E-state index contributed by atoms with van der Waals surface area (Å²) in [7, 11) is 3.10. The zero-order valence-electron chi connectivity index (χ0n) is 16.6. The molecular weight excluding hydrogens is 374 g/mol. The second-order valence-electron chi connectivity index (χ2n) is 6.75. The zero-order chi connectivity index (χ0) is 20.8. The number of carbonyl (C=O) groups is 1. The molecule has 1 amide bonds. The predicted molar refractivity (Wildman–Crippen MR) is 109 cm³/mol. The van der Waals surface area contributed by atoms with E-state index in [2.05, 4.69) is 10.6 Å². The molecule has 1 aliphatic heterocycles. The van der Waals surface area contributed by atoms with Crippen LogP contribution in [0.5, 0.6) is 23.0 Å². The van der Waals surface area contributed by atoms with E-state index in [0.29, 0.717) is 47.1 Å². The Hall–Kier alpha value is -2.81. The molecule has 0 saturated carbocycles. The van der Waals surface area contributed by atoms with Crippen molar-refractivity contribution in [2.75, 3.05) is 27.3 Å². The minimum atomic E-state index is -0.571. The molecule has 0 bridgehead atoms. The number of aliphatic hydroxyl groups is 1. The summed E-state index contributed by atoms with van der Waals surface area (Å²) in [6.07, 6.45) is 0.0256. The van der Waals surface area contributed by atoms with Gasteiger partial charge in [0, 0.05) is 18.7 Å². The summed E-state index contributed by atoms with van der Waals surface area (Å²) in [5.41, 5.74) is 6.97. The van der Waals surface area contributed by atoms with E-state index in [-0.39, 0.29) is 18.5 Å². The monoisotopic (exact) mass is 401 g/mol. The van der Waals surface area contributed by atoms with E-state index in [0.717, 1.165) is 6.54 Å².